The SMILES string of the molecule is COCCN(c1ccc(Cl)cc1N)C(C)C. The molecule has 1 aromatic rings. The van der Waals surface area contributed by atoms with Crippen molar-refractivity contribution in [2.24, 2.45) is 0 Å². The van der Waals surface area contributed by atoms with E-state index in [4.69, 9.17) is 22.1 Å². The molecular formula is C12H19ClN2O. The maximum Gasteiger partial charge on any atom is 0.0637 e. The fourth-order valence-corrected chi connectivity index (χ4v) is 1.81. The first-order valence-corrected chi connectivity index (χ1v) is 5.74. The standard InChI is InChI=1S/C12H19ClN2O/c1-9(2)15(6-7-16-3)12-5-4-10(13)8-11(12)14/h4-5,8-9H,6-7,14H2,1-3H3. The van der Waals surface area contributed by atoms with Crippen molar-refractivity contribution >= 4 is 23.0 Å². The largest absolute Gasteiger partial charge is 0.397 e. The molecule has 0 bridgehead atoms. The van der Waals surface area contributed by atoms with E-state index >= 15 is 0 Å². The number of nitrogen functional groups attached to an aromatic ring is 1. The summed E-state index contributed by atoms with van der Waals surface area (Å²) in [5.41, 5.74) is 7.68. The predicted octanol–water partition coefficient (Wildman–Crippen LogP) is 2.78. The van der Waals surface area contributed by atoms with Crippen LogP contribution in [0.4, 0.5) is 11.4 Å². The summed E-state index contributed by atoms with van der Waals surface area (Å²) in [5.74, 6) is 0. The number of halogens is 1. The number of nitrogens with two attached hydrogens (primary N) is 1. The number of anilines is 2. The van der Waals surface area contributed by atoms with Crippen molar-refractivity contribution < 1.29 is 4.74 Å². The minimum atomic E-state index is 0.374. The molecule has 0 spiro atoms. The first-order chi connectivity index (χ1) is 7.56. The Labute approximate surface area is 102 Å². The van der Waals surface area contributed by atoms with Crippen molar-refractivity contribution in [2.45, 2.75) is 19.9 Å². The number of methoxy groups -OCH3 is 1. The van der Waals surface area contributed by atoms with Crippen molar-refractivity contribution in [3.8, 4) is 0 Å². The molecule has 0 unspecified atom stereocenters. The van der Waals surface area contributed by atoms with E-state index in [1.54, 1.807) is 13.2 Å². The van der Waals surface area contributed by atoms with Gasteiger partial charge in [-0.1, -0.05) is 11.6 Å². The summed E-state index contributed by atoms with van der Waals surface area (Å²) in [6.07, 6.45) is 0. The molecule has 3 nitrogen and oxygen atoms in total. The topological polar surface area (TPSA) is 38.5 Å². The fraction of sp³-hybridized carbons (Fsp3) is 0.500. The van der Waals surface area contributed by atoms with Gasteiger partial charge in [-0.25, -0.2) is 0 Å². The Hall–Kier alpha value is -0.930. The van der Waals surface area contributed by atoms with Gasteiger partial charge in [0, 0.05) is 24.7 Å². The lowest BCUT2D eigenvalue weighted by Crippen LogP contribution is -2.34. The fourth-order valence-electron chi connectivity index (χ4n) is 1.63. The zero-order valence-electron chi connectivity index (χ0n) is 10.0. The smallest absolute Gasteiger partial charge is 0.0637 e. The lowest BCUT2D eigenvalue weighted by molar-refractivity contribution is 0.204. The minimum Gasteiger partial charge on any atom is -0.397 e. The van der Waals surface area contributed by atoms with Crippen LogP contribution in [0.15, 0.2) is 18.2 Å². The Bertz CT molecular complexity index is 342. The zero-order valence-corrected chi connectivity index (χ0v) is 10.8. The Morgan fingerprint density at radius 2 is 2.12 bits per heavy atom. The van der Waals surface area contributed by atoms with Crippen LogP contribution in [0.2, 0.25) is 5.02 Å². The number of rotatable bonds is 5. The van der Waals surface area contributed by atoms with E-state index in [9.17, 15) is 0 Å². The Balaban J connectivity index is 2.92. The third-order valence-corrected chi connectivity index (χ3v) is 2.69. The number of nitrogens with zero attached hydrogens (tertiary/aromatic N) is 1. The molecule has 0 aliphatic rings. The molecule has 0 aliphatic carbocycles. The van der Waals surface area contributed by atoms with Crippen LogP contribution in [0.3, 0.4) is 0 Å². The maximum absolute atomic E-state index is 5.96. The molecule has 4 heteroatoms. The molecule has 0 saturated carbocycles. The van der Waals surface area contributed by atoms with E-state index in [1.165, 1.54) is 0 Å². The van der Waals surface area contributed by atoms with Gasteiger partial charge in [-0.05, 0) is 32.0 Å². The first-order valence-electron chi connectivity index (χ1n) is 5.37. The molecule has 1 aromatic carbocycles. The summed E-state index contributed by atoms with van der Waals surface area (Å²) in [7, 11) is 1.70. The number of hydrogen-bond donors (Lipinski definition) is 1. The van der Waals surface area contributed by atoms with Crippen LogP contribution in [0.1, 0.15) is 13.8 Å². The van der Waals surface area contributed by atoms with Crippen molar-refractivity contribution in [3.63, 3.8) is 0 Å². The van der Waals surface area contributed by atoms with E-state index in [0.29, 0.717) is 23.4 Å². The van der Waals surface area contributed by atoms with Crippen molar-refractivity contribution in [1.29, 1.82) is 0 Å². The quantitative estimate of drug-likeness (QED) is 0.807. The highest BCUT2D eigenvalue weighted by Gasteiger charge is 2.13. The molecule has 0 atom stereocenters. The maximum atomic E-state index is 5.96. The van der Waals surface area contributed by atoms with Crippen LogP contribution in [0.25, 0.3) is 0 Å². The summed E-state index contributed by atoms with van der Waals surface area (Å²) in [4.78, 5) is 2.20. The molecule has 0 radical (unpaired) electrons. The lowest BCUT2D eigenvalue weighted by Gasteiger charge is -2.29. The highest BCUT2D eigenvalue weighted by atomic mass is 35.5. The Morgan fingerprint density at radius 3 is 2.62 bits per heavy atom. The second kappa shape index (κ2) is 5.97. The van der Waals surface area contributed by atoms with Gasteiger partial charge < -0.3 is 15.4 Å². The molecule has 0 aliphatic heterocycles. The third kappa shape index (κ3) is 3.29. The van der Waals surface area contributed by atoms with Crippen LogP contribution >= 0.6 is 11.6 Å². The summed E-state index contributed by atoms with van der Waals surface area (Å²) in [6.45, 7) is 5.76. The third-order valence-electron chi connectivity index (χ3n) is 2.46. The van der Waals surface area contributed by atoms with Gasteiger partial charge in [0.2, 0.25) is 0 Å². The molecule has 0 aromatic heterocycles. The number of ether oxygens (including phenoxy) is 1. The van der Waals surface area contributed by atoms with Gasteiger partial charge in [0.15, 0.2) is 0 Å². The van der Waals surface area contributed by atoms with Crippen molar-refractivity contribution in [3.05, 3.63) is 23.2 Å². The average Bonchev–Trinajstić information content (AvgIpc) is 2.20. The van der Waals surface area contributed by atoms with Crippen molar-refractivity contribution in [1.82, 2.24) is 0 Å². The van der Waals surface area contributed by atoms with Gasteiger partial charge in [0.1, 0.15) is 0 Å². The van der Waals surface area contributed by atoms with E-state index in [0.717, 1.165) is 12.2 Å². The van der Waals surface area contributed by atoms with Crippen LogP contribution in [-0.2, 0) is 4.74 Å². The molecule has 0 fully saturated rings. The second-order valence-electron chi connectivity index (χ2n) is 3.98. The zero-order chi connectivity index (χ0) is 12.1. The normalized spacial score (nSPS) is 10.8. The Morgan fingerprint density at radius 1 is 1.44 bits per heavy atom. The van der Waals surface area contributed by atoms with Crippen LogP contribution in [0.5, 0.6) is 0 Å². The second-order valence-corrected chi connectivity index (χ2v) is 4.42. The Kier molecular flexibility index (Phi) is 4.90. The number of hydrogen-bond acceptors (Lipinski definition) is 3. The van der Waals surface area contributed by atoms with Crippen LogP contribution < -0.4 is 10.6 Å². The first kappa shape index (κ1) is 13.1. The summed E-state index contributed by atoms with van der Waals surface area (Å²) in [6, 6.07) is 5.96. The van der Waals surface area contributed by atoms with Gasteiger partial charge >= 0.3 is 0 Å². The average molecular weight is 243 g/mol. The van der Waals surface area contributed by atoms with Crippen molar-refractivity contribution in [2.75, 3.05) is 30.9 Å². The molecular weight excluding hydrogens is 224 g/mol. The van der Waals surface area contributed by atoms with E-state index in [2.05, 4.69) is 18.7 Å². The number of benzene rings is 1. The van der Waals surface area contributed by atoms with Gasteiger partial charge in [-0.15, -0.1) is 0 Å². The van der Waals surface area contributed by atoms with E-state index < -0.39 is 0 Å². The molecule has 0 amide bonds. The highest BCUT2D eigenvalue weighted by Crippen LogP contribution is 2.27. The van der Waals surface area contributed by atoms with E-state index in [1.807, 2.05) is 12.1 Å². The molecule has 2 N–H and O–H groups in total. The van der Waals surface area contributed by atoms with Crippen LogP contribution in [0, 0.1) is 0 Å². The molecule has 0 saturated heterocycles. The predicted molar refractivity (Wildman–Crippen MR) is 70.2 cm³/mol. The summed E-state index contributed by atoms with van der Waals surface area (Å²) < 4.78 is 5.10. The van der Waals surface area contributed by atoms with Gasteiger partial charge in [0.05, 0.1) is 18.0 Å². The molecule has 0 heterocycles. The summed E-state index contributed by atoms with van der Waals surface area (Å²) >= 11 is 5.88. The molecule has 16 heavy (non-hydrogen) atoms. The van der Waals surface area contributed by atoms with Gasteiger partial charge in [-0.3, -0.25) is 0 Å². The van der Waals surface area contributed by atoms with Gasteiger partial charge in [0.25, 0.3) is 0 Å². The highest BCUT2D eigenvalue weighted by molar-refractivity contribution is 6.31. The summed E-state index contributed by atoms with van der Waals surface area (Å²) in [5, 5.41) is 0.664. The van der Waals surface area contributed by atoms with Gasteiger partial charge in [-0.2, -0.15) is 0 Å². The van der Waals surface area contributed by atoms with Crippen LogP contribution in [-0.4, -0.2) is 26.3 Å². The van der Waals surface area contributed by atoms with E-state index in [-0.39, 0.29) is 0 Å². The molecule has 90 valence electrons. The monoisotopic (exact) mass is 242 g/mol. The lowest BCUT2D eigenvalue weighted by atomic mass is 10.2. The molecule has 1 rings (SSSR count). The minimum absolute atomic E-state index is 0.374.